The summed E-state index contributed by atoms with van der Waals surface area (Å²) in [7, 11) is 1.40. The predicted octanol–water partition coefficient (Wildman–Crippen LogP) is 3.73. The minimum absolute atomic E-state index is 0.118. The van der Waals surface area contributed by atoms with E-state index >= 15 is 0 Å². The molecule has 1 saturated heterocycles. The SMILES string of the molecule is COC(=O)CCN1C(=S)NC(c2ccccn2)C1c1cc(C)n(-c2ccc(C)cn2)c1C. The van der Waals surface area contributed by atoms with Gasteiger partial charge in [-0.2, -0.15) is 0 Å². The first kappa shape index (κ1) is 22.0. The summed E-state index contributed by atoms with van der Waals surface area (Å²) in [5.74, 6) is 0.614. The summed E-state index contributed by atoms with van der Waals surface area (Å²) >= 11 is 5.69. The normalized spacial score (nSPS) is 18.0. The Morgan fingerprint density at radius 1 is 1.19 bits per heavy atom. The number of thiocarbonyl (C=S) groups is 1. The average Bonchev–Trinajstić information content (AvgIpc) is 3.28. The number of carbonyl (C=O) groups is 1. The summed E-state index contributed by atoms with van der Waals surface area (Å²) in [6.45, 7) is 6.66. The second kappa shape index (κ2) is 9.08. The summed E-state index contributed by atoms with van der Waals surface area (Å²) in [4.78, 5) is 23.2. The van der Waals surface area contributed by atoms with Crippen LogP contribution in [0, 0.1) is 20.8 Å². The van der Waals surface area contributed by atoms with Gasteiger partial charge in [-0.25, -0.2) is 4.98 Å². The van der Waals surface area contributed by atoms with Crippen molar-refractivity contribution in [1.82, 2.24) is 24.8 Å². The standard InChI is InChI=1S/C24H27N5O2S/c1-15-8-9-20(26-14-15)29-16(2)13-18(17(29)3)23-22(19-7-5-6-11-25-19)27-24(32)28(23)12-10-21(30)31-4/h5-9,11,13-14,22-23H,10,12H2,1-4H3,(H,27,32). The van der Waals surface area contributed by atoms with Crippen LogP contribution in [0.15, 0.2) is 48.8 Å². The molecular weight excluding hydrogens is 422 g/mol. The van der Waals surface area contributed by atoms with Gasteiger partial charge in [0.25, 0.3) is 0 Å². The van der Waals surface area contributed by atoms with Crippen molar-refractivity contribution >= 4 is 23.3 Å². The Kier molecular flexibility index (Phi) is 6.23. The first-order valence-corrected chi connectivity index (χ1v) is 11.0. The third kappa shape index (κ3) is 4.10. The topological polar surface area (TPSA) is 72.3 Å². The van der Waals surface area contributed by atoms with Crippen molar-refractivity contribution < 1.29 is 9.53 Å². The van der Waals surface area contributed by atoms with Crippen LogP contribution in [0.3, 0.4) is 0 Å². The Morgan fingerprint density at radius 2 is 2.00 bits per heavy atom. The second-order valence-corrected chi connectivity index (χ2v) is 8.39. The Balaban J connectivity index is 1.78. The number of nitrogens with one attached hydrogen (secondary N) is 1. The third-order valence-electron chi connectivity index (χ3n) is 5.90. The number of aromatic nitrogens is 3. The van der Waals surface area contributed by atoms with Gasteiger partial charge in [-0.3, -0.25) is 9.78 Å². The highest BCUT2D eigenvalue weighted by atomic mass is 32.1. The molecule has 32 heavy (non-hydrogen) atoms. The number of nitrogens with zero attached hydrogens (tertiary/aromatic N) is 4. The first-order valence-electron chi connectivity index (χ1n) is 10.6. The monoisotopic (exact) mass is 449 g/mol. The Morgan fingerprint density at radius 3 is 2.66 bits per heavy atom. The molecule has 3 aromatic rings. The first-order chi connectivity index (χ1) is 15.4. The lowest BCUT2D eigenvalue weighted by Crippen LogP contribution is -2.32. The smallest absolute Gasteiger partial charge is 0.307 e. The number of hydrogen-bond donors (Lipinski definition) is 1. The van der Waals surface area contributed by atoms with Gasteiger partial charge in [-0.15, -0.1) is 0 Å². The quantitative estimate of drug-likeness (QED) is 0.454. The van der Waals surface area contributed by atoms with Crippen LogP contribution >= 0.6 is 12.2 Å². The van der Waals surface area contributed by atoms with E-state index in [2.05, 4.69) is 50.7 Å². The highest BCUT2D eigenvalue weighted by Gasteiger charge is 2.41. The van der Waals surface area contributed by atoms with Crippen LogP contribution < -0.4 is 5.32 Å². The van der Waals surface area contributed by atoms with Gasteiger partial charge in [0.1, 0.15) is 5.82 Å². The van der Waals surface area contributed by atoms with E-state index in [1.807, 2.05) is 37.4 Å². The molecule has 4 rings (SSSR count). The zero-order valence-electron chi connectivity index (χ0n) is 18.7. The molecule has 8 heteroatoms. The van der Waals surface area contributed by atoms with Crippen molar-refractivity contribution in [3.05, 3.63) is 77.0 Å². The summed E-state index contributed by atoms with van der Waals surface area (Å²) in [6.07, 6.45) is 3.91. The van der Waals surface area contributed by atoms with E-state index in [4.69, 9.17) is 17.0 Å². The molecule has 0 amide bonds. The summed E-state index contributed by atoms with van der Waals surface area (Å²) < 4.78 is 7.01. The van der Waals surface area contributed by atoms with Gasteiger partial charge in [0.2, 0.25) is 0 Å². The van der Waals surface area contributed by atoms with Crippen LogP contribution in [0.4, 0.5) is 0 Å². The molecule has 0 bridgehead atoms. The lowest BCUT2D eigenvalue weighted by molar-refractivity contribution is -0.140. The summed E-state index contributed by atoms with van der Waals surface area (Å²) in [5, 5.41) is 4.04. The maximum absolute atomic E-state index is 11.9. The number of pyridine rings is 2. The Labute approximate surface area is 193 Å². The van der Waals surface area contributed by atoms with Crippen LogP contribution in [-0.4, -0.2) is 44.2 Å². The molecule has 2 atom stereocenters. The Bertz CT molecular complexity index is 1130. The van der Waals surface area contributed by atoms with E-state index < -0.39 is 0 Å². The molecule has 0 aliphatic carbocycles. The zero-order chi connectivity index (χ0) is 22.8. The molecule has 0 radical (unpaired) electrons. The number of rotatable bonds is 6. The lowest BCUT2D eigenvalue weighted by atomic mass is 9.96. The fourth-order valence-corrected chi connectivity index (χ4v) is 4.66. The van der Waals surface area contributed by atoms with Crippen LogP contribution in [0.1, 0.15) is 46.7 Å². The second-order valence-electron chi connectivity index (χ2n) is 8.00. The molecular formula is C24H27N5O2S. The molecule has 1 fully saturated rings. The van der Waals surface area contributed by atoms with Crippen molar-refractivity contribution in [2.45, 2.75) is 39.3 Å². The predicted molar refractivity (Wildman–Crippen MR) is 127 cm³/mol. The van der Waals surface area contributed by atoms with E-state index in [-0.39, 0.29) is 24.5 Å². The van der Waals surface area contributed by atoms with Crippen LogP contribution in [0.25, 0.3) is 5.82 Å². The van der Waals surface area contributed by atoms with Crippen molar-refractivity contribution in [2.24, 2.45) is 0 Å². The molecule has 4 heterocycles. The van der Waals surface area contributed by atoms with Gasteiger partial charge in [-0.1, -0.05) is 12.1 Å². The van der Waals surface area contributed by atoms with Crippen molar-refractivity contribution in [3.63, 3.8) is 0 Å². The average molecular weight is 450 g/mol. The van der Waals surface area contributed by atoms with Crippen molar-refractivity contribution in [1.29, 1.82) is 0 Å². The maximum atomic E-state index is 11.9. The molecule has 166 valence electrons. The van der Waals surface area contributed by atoms with Crippen LogP contribution in [0.2, 0.25) is 0 Å². The minimum Gasteiger partial charge on any atom is -0.469 e. The summed E-state index contributed by atoms with van der Waals surface area (Å²) in [5.41, 5.74) is 5.31. The minimum atomic E-state index is -0.262. The number of esters is 1. The number of carbonyl (C=O) groups excluding carboxylic acids is 1. The molecule has 0 saturated carbocycles. The van der Waals surface area contributed by atoms with Gasteiger partial charge in [0, 0.05) is 30.3 Å². The van der Waals surface area contributed by atoms with E-state index in [1.165, 1.54) is 7.11 Å². The molecule has 0 aromatic carbocycles. The van der Waals surface area contributed by atoms with Crippen molar-refractivity contribution in [2.75, 3.05) is 13.7 Å². The fraction of sp³-hybridized carbons (Fsp3) is 0.333. The zero-order valence-corrected chi connectivity index (χ0v) is 19.5. The Hall–Kier alpha value is -3.26. The van der Waals surface area contributed by atoms with Gasteiger partial charge in [0.05, 0.1) is 31.3 Å². The van der Waals surface area contributed by atoms with Crippen LogP contribution in [0.5, 0.6) is 0 Å². The number of hydrogen-bond acceptors (Lipinski definition) is 5. The number of ether oxygens (including phenoxy) is 1. The molecule has 3 aromatic heterocycles. The fourth-order valence-electron chi connectivity index (χ4n) is 4.33. The maximum Gasteiger partial charge on any atom is 0.307 e. The third-order valence-corrected chi connectivity index (χ3v) is 6.25. The highest BCUT2D eigenvalue weighted by molar-refractivity contribution is 7.80. The van der Waals surface area contributed by atoms with E-state index in [9.17, 15) is 4.79 Å². The van der Waals surface area contributed by atoms with E-state index in [1.54, 1.807) is 6.20 Å². The molecule has 2 unspecified atom stereocenters. The van der Waals surface area contributed by atoms with Gasteiger partial charge in [0.15, 0.2) is 5.11 Å². The van der Waals surface area contributed by atoms with E-state index in [0.29, 0.717) is 11.7 Å². The highest BCUT2D eigenvalue weighted by Crippen LogP contribution is 2.41. The largest absolute Gasteiger partial charge is 0.469 e. The molecule has 1 aliphatic rings. The number of aryl methyl sites for hydroxylation is 2. The van der Waals surface area contributed by atoms with E-state index in [0.717, 1.165) is 34.0 Å². The van der Waals surface area contributed by atoms with Gasteiger partial charge < -0.3 is 19.5 Å². The molecule has 1 aliphatic heterocycles. The van der Waals surface area contributed by atoms with Gasteiger partial charge in [-0.05, 0) is 68.4 Å². The van der Waals surface area contributed by atoms with Crippen molar-refractivity contribution in [3.8, 4) is 5.82 Å². The molecule has 7 nitrogen and oxygen atoms in total. The number of methoxy groups -OCH3 is 1. The summed E-state index contributed by atoms with van der Waals surface area (Å²) in [6, 6.07) is 11.9. The van der Waals surface area contributed by atoms with Gasteiger partial charge >= 0.3 is 5.97 Å². The molecule has 1 N–H and O–H groups in total. The molecule has 0 spiro atoms. The van der Waals surface area contributed by atoms with Crippen LogP contribution in [-0.2, 0) is 9.53 Å². The lowest BCUT2D eigenvalue weighted by Gasteiger charge is -2.27.